The van der Waals surface area contributed by atoms with E-state index in [1.54, 1.807) is 24.6 Å². The maximum absolute atomic E-state index is 12.5. The van der Waals surface area contributed by atoms with Gasteiger partial charge in [0.25, 0.3) is 0 Å². The molecule has 0 atom stereocenters. The van der Waals surface area contributed by atoms with Crippen molar-refractivity contribution < 1.29 is 14.3 Å². The molecular formula is C22H25N5O3S. The molecule has 1 aromatic carbocycles. The number of fused-ring (bicyclic) bond motifs is 1. The van der Waals surface area contributed by atoms with Gasteiger partial charge in [-0.1, -0.05) is 23.5 Å². The number of anilines is 1. The summed E-state index contributed by atoms with van der Waals surface area (Å²) in [5, 5.41) is 3.81. The standard InChI is InChI=1S/C22H25N5O3S/c1-30-17-6-4-16(5-7-17)15-24-19(28)8-9-20(29)26-11-13-27(14-12-26)22-25-18-3-2-10-23-21(18)31-22/h2-7,10H,8-9,11-15H2,1H3,(H,24,28). The molecular weight excluding hydrogens is 414 g/mol. The Labute approximate surface area is 184 Å². The minimum Gasteiger partial charge on any atom is -0.497 e. The van der Waals surface area contributed by atoms with Crippen molar-refractivity contribution in [3.63, 3.8) is 0 Å². The maximum Gasteiger partial charge on any atom is 0.223 e. The first-order valence-electron chi connectivity index (χ1n) is 10.3. The Balaban J connectivity index is 1.19. The molecule has 0 aliphatic carbocycles. The molecule has 9 heteroatoms. The zero-order valence-corrected chi connectivity index (χ0v) is 18.2. The van der Waals surface area contributed by atoms with Gasteiger partial charge in [-0.25, -0.2) is 9.97 Å². The minimum absolute atomic E-state index is 0.0187. The molecule has 162 valence electrons. The van der Waals surface area contributed by atoms with Crippen LogP contribution >= 0.6 is 11.3 Å². The van der Waals surface area contributed by atoms with Crippen LogP contribution in [0.1, 0.15) is 18.4 Å². The van der Waals surface area contributed by atoms with E-state index in [9.17, 15) is 9.59 Å². The summed E-state index contributed by atoms with van der Waals surface area (Å²) in [5.41, 5.74) is 1.89. The molecule has 0 unspecified atom stereocenters. The number of rotatable bonds is 7. The third-order valence-electron chi connectivity index (χ3n) is 5.27. The number of aromatic nitrogens is 2. The van der Waals surface area contributed by atoms with Crippen molar-refractivity contribution >= 4 is 38.6 Å². The van der Waals surface area contributed by atoms with Crippen LogP contribution in [0, 0.1) is 0 Å². The molecule has 1 saturated heterocycles. The summed E-state index contributed by atoms with van der Waals surface area (Å²) < 4.78 is 5.12. The second-order valence-electron chi connectivity index (χ2n) is 7.32. The van der Waals surface area contributed by atoms with Gasteiger partial charge < -0.3 is 19.9 Å². The van der Waals surface area contributed by atoms with Gasteiger partial charge in [-0.05, 0) is 29.8 Å². The number of hydrogen-bond acceptors (Lipinski definition) is 7. The topological polar surface area (TPSA) is 87.7 Å². The summed E-state index contributed by atoms with van der Waals surface area (Å²) in [5.74, 6) is 0.676. The lowest BCUT2D eigenvalue weighted by Crippen LogP contribution is -2.48. The number of ether oxygens (including phenoxy) is 1. The van der Waals surface area contributed by atoms with E-state index in [2.05, 4.69) is 20.2 Å². The van der Waals surface area contributed by atoms with E-state index >= 15 is 0 Å². The SMILES string of the molecule is COc1ccc(CNC(=O)CCC(=O)N2CCN(c3nc4cccnc4s3)CC2)cc1. The van der Waals surface area contributed by atoms with E-state index < -0.39 is 0 Å². The Morgan fingerprint density at radius 2 is 1.87 bits per heavy atom. The average Bonchev–Trinajstić information content (AvgIpc) is 3.26. The molecule has 8 nitrogen and oxygen atoms in total. The monoisotopic (exact) mass is 439 g/mol. The van der Waals surface area contributed by atoms with Gasteiger partial charge in [0.1, 0.15) is 16.1 Å². The first-order chi connectivity index (χ1) is 15.1. The van der Waals surface area contributed by atoms with Crippen LogP contribution in [-0.2, 0) is 16.1 Å². The number of piperazine rings is 1. The second kappa shape index (κ2) is 9.74. The van der Waals surface area contributed by atoms with Crippen molar-refractivity contribution in [3.8, 4) is 5.75 Å². The van der Waals surface area contributed by atoms with E-state index in [1.165, 1.54) is 0 Å². The van der Waals surface area contributed by atoms with Gasteiger partial charge in [0.15, 0.2) is 5.13 Å². The fourth-order valence-electron chi connectivity index (χ4n) is 3.45. The summed E-state index contributed by atoms with van der Waals surface area (Å²) in [6, 6.07) is 11.4. The van der Waals surface area contributed by atoms with E-state index in [0.717, 1.165) is 39.9 Å². The summed E-state index contributed by atoms with van der Waals surface area (Å²) in [4.78, 5) is 38.6. The molecule has 0 saturated carbocycles. The predicted molar refractivity (Wildman–Crippen MR) is 120 cm³/mol. The van der Waals surface area contributed by atoms with Crippen molar-refractivity contribution in [2.24, 2.45) is 0 Å². The molecule has 3 aromatic rings. The number of thiazole rings is 1. The molecule has 1 aliphatic rings. The largest absolute Gasteiger partial charge is 0.497 e. The lowest BCUT2D eigenvalue weighted by molar-refractivity contribution is -0.133. The molecule has 0 radical (unpaired) electrons. The van der Waals surface area contributed by atoms with Gasteiger partial charge in [0.05, 0.1) is 7.11 Å². The Morgan fingerprint density at radius 1 is 1.10 bits per heavy atom. The normalized spacial score (nSPS) is 14.0. The molecule has 2 amide bonds. The van der Waals surface area contributed by atoms with E-state index in [1.807, 2.05) is 41.3 Å². The van der Waals surface area contributed by atoms with Crippen LogP contribution in [0.3, 0.4) is 0 Å². The number of carbonyl (C=O) groups is 2. The molecule has 1 aliphatic heterocycles. The highest BCUT2D eigenvalue weighted by molar-refractivity contribution is 7.21. The van der Waals surface area contributed by atoms with Crippen LogP contribution in [0.4, 0.5) is 5.13 Å². The van der Waals surface area contributed by atoms with Gasteiger partial charge in [-0.3, -0.25) is 9.59 Å². The zero-order chi connectivity index (χ0) is 21.6. The number of pyridine rings is 1. The molecule has 1 fully saturated rings. The van der Waals surface area contributed by atoms with Crippen LogP contribution in [0.5, 0.6) is 5.75 Å². The Kier molecular flexibility index (Phi) is 6.61. The third kappa shape index (κ3) is 5.29. The molecule has 0 spiro atoms. The summed E-state index contributed by atoms with van der Waals surface area (Å²) in [6.45, 7) is 3.17. The van der Waals surface area contributed by atoms with E-state index in [-0.39, 0.29) is 24.7 Å². The van der Waals surface area contributed by atoms with Gasteiger partial charge in [-0.15, -0.1) is 0 Å². The predicted octanol–water partition coefficient (Wildman–Crippen LogP) is 2.45. The highest BCUT2D eigenvalue weighted by Gasteiger charge is 2.23. The molecule has 1 N–H and O–H groups in total. The van der Waals surface area contributed by atoms with Crippen molar-refractivity contribution in [1.82, 2.24) is 20.2 Å². The molecule has 0 bridgehead atoms. The Hall–Kier alpha value is -3.20. The molecule has 31 heavy (non-hydrogen) atoms. The van der Waals surface area contributed by atoms with Crippen molar-refractivity contribution in [2.75, 3.05) is 38.2 Å². The van der Waals surface area contributed by atoms with E-state index in [0.29, 0.717) is 19.6 Å². The maximum atomic E-state index is 12.5. The van der Waals surface area contributed by atoms with Crippen LogP contribution in [0.25, 0.3) is 10.3 Å². The Morgan fingerprint density at radius 3 is 2.58 bits per heavy atom. The molecule has 2 aromatic heterocycles. The number of amides is 2. The number of carbonyl (C=O) groups excluding carboxylic acids is 2. The fraction of sp³-hybridized carbons (Fsp3) is 0.364. The Bertz CT molecular complexity index is 1010. The summed E-state index contributed by atoms with van der Waals surface area (Å²) in [6.07, 6.45) is 2.19. The fourth-order valence-corrected chi connectivity index (χ4v) is 4.41. The first-order valence-corrected chi connectivity index (χ1v) is 11.1. The van der Waals surface area contributed by atoms with Gasteiger partial charge in [0.2, 0.25) is 11.8 Å². The van der Waals surface area contributed by atoms with Crippen LogP contribution in [-0.4, -0.2) is 60.0 Å². The van der Waals surface area contributed by atoms with Crippen molar-refractivity contribution in [2.45, 2.75) is 19.4 Å². The van der Waals surface area contributed by atoms with Gasteiger partial charge in [-0.2, -0.15) is 0 Å². The number of methoxy groups -OCH3 is 1. The van der Waals surface area contributed by atoms with E-state index in [4.69, 9.17) is 4.74 Å². The lowest BCUT2D eigenvalue weighted by Gasteiger charge is -2.34. The highest BCUT2D eigenvalue weighted by atomic mass is 32.1. The molecule has 3 heterocycles. The lowest BCUT2D eigenvalue weighted by atomic mass is 10.2. The smallest absolute Gasteiger partial charge is 0.223 e. The number of nitrogens with one attached hydrogen (secondary N) is 1. The molecule has 4 rings (SSSR count). The number of benzene rings is 1. The summed E-state index contributed by atoms with van der Waals surface area (Å²) >= 11 is 1.57. The third-order valence-corrected chi connectivity index (χ3v) is 6.31. The zero-order valence-electron chi connectivity index (χ0n) is 17.4. The van der Waals surface area contributed by atoms with Gasteiger partial charge >= 0.3 is 0 Å². The average molecular weight is 440 g/mol. The van der Waals surface area contributed by atoms with Gasteiger partial charge in [0, 0.05) is 51.8 Å². The second-order valence-corrected chi connectivity index (χ2v) is 8.27. The first kappa shape index (κ1) is 21.0. The van der Waals surface area contributed by atoms with Crippen LogP contribution in [0.2, 0.25) is 0 Å². The van der Waals surface area contributed by atoms with Crippen molar-refractivity contribution in [3.05, 3.63) is 48.2 Å². The van der Waals surface area contributed by atoms with Crippen LogP contribution < -0.4 is 15.0 Å². The highest BCUT2D eigenvalue weighted by Crippen LogP contribution is 2.27. The number of hydrogen-bond donors (Lipinski definition) is 1. The quantitative estimate of drug-likeness (QED) is 0.609. The number of nitrogens with zero attached hydrogens (tertiary/aromatic N) is 4. The minimum atomic E-state index is -0.121. The summed E-state index contributed by atoms with van der Waals surface area (Å²) in [7, 11) is 1.62. The van der Waals surface area contributed by atoms with Crippen molar-refractivity contribution in [1.29, 1.82) is 0 Å². The van der Waals surface area contributed by atoms with Crippen LogP contribution in [0.15, 0.2) is 42.6 Å².